The summed E-state index contributed by atoms with van der Waals surface area (Å²) in [4.78, 5) is 27.9. The van der Waals surface area contributed by atoms with Crippen molar-refractivity contribution in [1.82, 2.24) is 4.90 Å². The van der Waals surface area contributed by atoms with Crippen molar-refractivity contribution in [3.05, 3.63) is 95.4 Å². The largest absolute Gasteiger partial charge is 0.486 e. The number of nitrogens with zero attached hydrogens (tertiary/aromatic N) is 1. The predicted molar refractivity (Wildman–Crippen MR) is 121 cm³/mol. The number of hydrogen-bond donors (Lipinski definition) is 1. The zero-order valence-corrected chi connectivity index (χ0v) is 17.7. The Kier molecular flexibility index (Phi) is 5.52. The second-order valence-corrected chi connectivity index (χ2v) is 7.74. The van der Waals surface area contributed by atoms with Gasteiger partial charge in [0.2, 0.25) is 0 Å². The number of imide groups is 1. The highest BCUT2D eigenvalue weighted by molar-refractivity contribution is 6.36. The zero-order valence-electron chi connectivity index (χ0n) is 17.7. The fourth-order valence-electron chi connectivity index (χ4n) is 3.93. The van der Waals surface area contributed by atoms with Crippen LogP contribution in [0.15, 0.2) is 78.5 Å². The summed E-state index contributed by atoms with van der Waals surface area (Å²) >= 11 is 0. The normalized spacial score (nSPS) is 15.2. The second-order valence-electron chi connectivity index (χ2n) is 7.74. The third kappa shape index (κ3) is 4.17. The lowest BCUT2D eigenvalue weighted by Crippen LogP contribution is -2.34. The van der Waals surface area contributed by atoms with E-state index in [0.717, 1.165) is 5.56 Å². The highest BCUT2D eigenvalue weighted by atomic mass is 19.1. The van der Waals surface area contributed by atoms with E-state index in [9.17, 15) is 14.0 Å². The molecule has 2 heterocycles. The minimum Gasteiger partial charge on any atom is -0.486 e. The molecular weight excluding hydrogens is 423 g/mol. The summed E-state index contributed by atoms with van der Waals surface area (Å²) in [5.41, 5.74) is 2.44. The number of carbonyl (C=O) groups is 2. The van der Waals surface area contributed by atoms with Gasteiger partial charge in [0.25, 0.3) is 11.8 Å². The van der Waals surface area contributed by atoms with Gasteiger partial charge in [0.1, 0.15) is 24.7 Å². The van der Waals surface area contributed by atoms with Gasteiger partial charge in [0.15, 0.2) is 11.5 Å². The van der Waals surface area contributed by atoms with Crippen LogP contribution in [-0.2, 0) is 16.0 Å². The van der Waals surface area contributed by atoms with Crippen molar-refractivity contribution in [3.63, 3.8) is 0 Å². The maximum Gasteiger partial charge on any atom is 0.278 e. The van der Waals surface area contributed by atoms with E-state index in [-0.39, 0.29) is 17.8 Å². The van der Waals surface area contributed by atoms with Crippen LogP contribution in [0.1, 0.15) is 11.1 Å². The molecule has 0 fully saturated rings. The first-order chi connectivity index (χ1) is 16.1. The molecule has 0 saturated heterocycles. The number of fused-ring (bicyclic) bond motifs is 1. The molecular formula is C26H21FN2O4. The van der Waals surface area contributed by atoms with Crippen LogP contribution < -0.4 is 14.8 Å². The number of carbonyl (C=O) groups excluding carboxylic acids is 2. The molecule has 0 aliphatic carbocycles. The first kappa shape index (κ1) is 20.8. The average Bonchev–Trinajstić information content (AvgIpc) is 3.07. The standard InChI is InChI=1S/C26H21FN2O4/c27-19-8-6-18(7-9-19)23-24(28-20-10-11-21-22(16-20)33-15-14-32-21)26(31)29(25(23)30)13-12-17-4-2-1-3-5-17/h1-11,16,28H,12-15H2. The highest BCUT2D eigenvalue weighted by Crippen LogP contribution is 2.35. The lowest BCUT2D eigenvalue weighted by Gasteiger charge is -2.19. The van der Waals surface area contributed by atoms with Crippen LogP contribution in [0.3, 0.4) is 0 Å². The Balaban J connectivity index is 1.47. The van der Waals surface area contributed by atoms with Crippen molar-refractivity contribution in [1.29, 1.82) is 0 Å². The summed E-state index contributed by atoms with van der Waals surface area (Å²) in [6.45, 7) is 1.15. The molecule has 0 aromatic heterocycles. The van der Waals surface area contributed by atoms with Crippen LogP contribution in [0.5, 0.6) is 11.5 Å². The summed E-state index contributed by atoms with van der Waals surface area (Å²) in [5.74, 6) is -0.0723. The lowest BCUT2D eigenvalue weighted by atomic mass is 10.0. The molecule has 1 N–H and O–H groups in total. The van der Waals surface area contributed by atoms with Gasteiger partial charge in [0.05, 0.1) is 5.57 Å². The molecule has 2 aliphatic heterocycles. The molecule has 6 nitrogen and oxygen atoms in total. The molecule has 2 amide bonds. The number of nitrogens with one attached hydrogen (secondary N) is 1. The van der Waals surface area contributed by atoms with E-state index in [4.69, 9.17) is 9.47 Å². The quantitative estimate of drug-likeness (QED) is 0.582. The maximum atomic E-state index is 13.5. The number of benzene rings is 3. The van der Waals surface area contributed by atoms with Crippen molar-refractivity contribution in [2.24, 2.45) is 0 Å². The van der Waals surface area contributed by atoms with Crippen LogP contribution in [0.4, 0.5) is 10.1 Å². The Labute approximate surface area is 190 Å². The van der Waals surface area contributed by atoms with Crippen molar-refractivity contribution in [2.75, 3.05) is 25.1 Å². The maximum absolute atomic E-state index is 13.5. The summed E-state index contributed by atoms with van der Waals surface area (Å²) in [6.07, 6.45) is 0.534. The average molecular weight is 444 g/mol. The van der Waals surface area contributed by atoms with E-state index in [2.05, 4.69) is 5.32 Å². The molecule has 166 valence electrons. The Hall–Kier alpha value is -4.13. The number of amides is 2. The molecule has 0 unspecified atom stereocenters. The molecule has 5 rings (SSSR count). The van der Waals surface area contributed by atoms with E-state index >= 15 is 0 Å². The smallest absolute Gasteiger partial charge is 0.278 e. The van der Waals surface area contributed by atoms with E-state index in [1.165, 1.54) is 29.2 Å². The molecule has 7 heteroatoms. The number of hydrogen-bond acceptors (Lipinski definition) is 5. The van der Waals surface area contributed by atoms with Crippen LogP contribution in [0.25, 0.3) is 5.57 Å². The van der Waals surface area contributed by atoms with E-state index < -0.39 is 17.6 Å². The summed E-state index contributed by atoms with van der Waals surface area (Å²) in [5, 5.41) is 3.10. The Morgan fingerprint density at radius 3 is 2.33 bits per heavy atom. The first-order valence-electron chi connectivity index (χ1n) is 10.7. The molecule has 0 saturated carbocycles. The van der Waals surface area contributed by atoms with E-state index in [1.807, 2.05) is 30.3 Å². The third-order valence-corrected chi connectivity index (χ3v) is 5.58. The number of anilines is 1. The van der Waals surface area contributed by atoms with Crippen LogP contribution in [-0.4, -0.2) is 36.5 Å². The summed E-state index contributed by atoms with van der Waals surface area (Å²) in [7, 11) is 0. The van der Waals surface area contributed by atoms with Gasteiger partial charge in [-0.2, -0.15) is 0 Å². The van der Waals surface area contributed by atoms with Gasteiger partial charge in [-0.1, -0.05) is 42.5 Å². The van der Waals surface area contributed by atoms with Crippen LogP contribution in [0.2, 0.25) is 0 Å². The zero-order chi connectivity index (χ0) is 22.8. The molecule has 3 aromatic rings. The van der Waals surface area contributed by atoms with Gasteiger partial charge >= 0.3 is 0 Å². The van der Waals surface area contributed by atoms with Gasteiger partial charge < -0.3 is 14.8 Å². The fourth-order valence-corrected chi connectivity index (χ4v) is 3.93. The number of halogens is 1. The van der Waals surface area contributed by atoms with Crippen molar-refractivity contribution in [3.8, 4) is 11.5 Å². The SMILES string of the molecule is O=C1C(Nc2ccc3c(c2)OCCO3)=C(c2ccc(F)cc2)C(=O)N1CCc1ccccc1. The third-order valence-electron chi connectivity index (χ3n) is 5.58. The summed E-state index contributed by atoms with van der Waals surface area (Å²) in [6, 6.07) is 20.4. The van der Waals surface area contributed by atoms with Crippen LogP contribution >= 0.6 is 0 Å². The monoisotopic (exact) mass is 444 g/mol. The highest BCUT2D eigenvalue weighted by Gasteiger charge is 2.39. The summed E-state index contributed by atoms with van der Waals surface area (Å²) < 4.78 is 24.7. The first-order valence-corrected chi connectivity index (χ1v) is 10.7. The van der Waals surface area contributed by atoms with Gasteiger partial charge in [-0.25, -0.2) is 4.39 Å². The molecule has 33 heavy (non-hydrogen) atoms. The Morgan fingerprint density at radius 1 is 0.848 bits per heavy atom. The van der Waals surface area contributed by atoms with Gasteiger partial charge in [-0.05, 0) is 41.8 Å². The van der Waals surface area contributed by atoms with Crippen molar-refractivity contribution in [2.45, 2.75) is 6.42 Å². The van der Waals surface area contributed by atoms with E-state index in [1.54, 1.807) is 18.2 Å². The lowest BCUT2D eigenvalue weighted by molar-refractivity contribution is -0.136. The minimum atomic E-state index is -0.426. The number of rotatable bonds is 6. The Morgan fingerprint density at radius 2 is 1.58 bits per heavy atom. The molecule has 0 atom stereocenters. The molecule has 0 radical (unpaired) electrons. The van der Waals surface area contributed by atoms with Crippen molar-refractivity contribution < 1.29 is 23.5 Å². The molecule has 2 aliphatic rings. The van der Waals surface area contributed by atoms with E-state index in [0.29, 0.717) is 42.4 Å². The minimum absolute atomic E-state index is 0.149. The molecule has 0 bridgehead atoms. The predicted octanol–water partition coefficient (Wildman–Crippen LogP) is 4.03. The van der Waals surface area contributed by atoms with Gasteiger partial charge in [-0.3, -0.25) is 14.5 Å². The topological polar surface area (TPSA) is 67.9 Å². The molecule has 3 aromatic carbocycles. The number of ether oxygens (including phenoxy) is 2. The molecule has 0 spiro atoms. The second kappa shape index (κ2) is 8.78. The Bertz CT molecular complexity index is 1240. The van der Waals surface area contributed by atoms with Gasteiger partial charge in [0, 0.05) is 18.3 Å². The van der Waals surface area contributed by atoms with Gasteiger partial charge in [-0.15, -0.1) is 0 Å². The van der Waals surface area contributed by atoms with Crippen LogP contribution in [0, 0.1) is 5.82 Å². The fraction of sp³-hybridized carbons (Fsp3) is 0.154. The van der Waals surface area contributed by atoms with Crippen molar-refractivity contribution >= 4 is 23.1 Å².